The van der Waals surface area contributed by atoms with Crippen LogP contribution in [0.3, 0.4) is 0 Å². The summed E-state index contributed by atoms with van der Waals surface area (Å²) < 4.78 is 2.11. The van der Waals surface area contributed by atoms with Gasteiger partial charge in [0.05, 0.1) is 18.2 Å². The maximum atomic E-state index is 6.07. The van der Waals surface area contributed by atoms with Crippen LogP contribution in [-0.2, 0) is 13.1 Å². The number of benzene rings is 2. The number of rotatable bonds is 4. The van der Waals surface area contributed by atoms with Crippen LogP contribution in [0.15, 0.2) is 61.1 Å². The lowest BCUT2D eigenvalue weighted by Crippen LogP contribution is -2.01. The summed E-state index contributed by atoms with van der Waals surface area (Å²) in [5, 5.41) is 0.729. The van der Waals surface area contributed by atoms with Gasteiger partial charge in [-0.25, -0.2) is 4.98 Å². The van der Waals surface area contributed by atoms with Crippen molar-refractivity contribution < 1.29 is 0 Å². The standard InChI is InChI=1S/C17H16ClN3/c18-16-3-1-2-15(8-16)17-10-20-12-21(17)11-14-6-4-13(9-19)5-7-14/h1-8,10,12H,9,11,19H2. The number of hydrogen-bond acceptors (Lipinski definition) is 2. The summed E-state index contributed by atoms with van der Waals surface area (Å²) in [6, 6.07) is 16.1. The third kappa shape index (κ3) is 3.15. The van der Waals surface area contributed by atoms with E-state index in [1.165, 1.54) is 5.56 Å². The van der Waals surface area contributed by atoms with Gasteiger partial charge in [-0.3, -0.25) is 0 Å². The Bertz CT molecular complexity index is 732. The third-order valence-electron chi connectivity index (χ3n) is 3.44. The highest BCUT2D eigenvalue weighted by Crippen LogP contribution is 2.23. The number of halogens is 1. The molecule has 2 N–H and O–H groups in total. The molecule has 0 atom stereocenters. The van der Waals surface area contributed by atoms with Crippen molar-refractivity contribution in [3.8, 4) is 11.3 Å². The fourth-order valence-corrected chi connectivity index (χ4v) is 2.50. The van der Waals surface area contributed by atoms with Gasteiger partial charge in [0.25, 0.3) is 0 Å². The van der Waals surface area contributed by atoms with E-state index in [1.54, 1.807) is 0 Å². The fourth-order valence-electron chi connectivity index (χ4n) is 2.31. The average molecular weight is 298 g/mol. The van der Waals surface area contributed by atoms with Crippen molar-refractivity contribution in [3.63, 3.8) is 0 Å². The molecule has 3 nitrogen and oxygen atoms in total. The van der Waals surface area contributed by atoms with Crippen molar-refractivity contribution in [1.82, 2.24) is 9.55 Å². The van der Waals surface area contributed by atoms with Crippen molar-refractivity contribution in [3.05, 3.63) is 77.2 Å². The first-order valence-corrected chi connectivity index (χ1v) is 7.18. The van der Waals surface area contributed by atoms with Gasteiger partial charge in [-0.15, -0.1) is 0 Å². The largest absolute Gasteiger partial charge is 0.326 e. The van der Waals surface area contributed by atoms with E-state index in [9.17, 15) is 0 Å². The van der Waals surface area contributed by atoms with Gasteiger partial charge in [0.1, 0.15) is 0 Å². The van der Waals surface area contributed by atoms with Gasteiger partial charge in [0.2, 0.25) is 0 Å². The normalized spacial score (nSPS) is 10.8. The number of hydrogen-bond donors (Lipinski definition) is 1. The highest BCUT2D eigenvalue weighted by atomic mass is 35.5. The molecule has 1 aromatic heterocycles. The molecule has 21 heavy (non-hydrogen) atoms. The molecule has 0 fully saturated rings. The summed E-state index contributed by atoms with van der Waals surface area (Å²) in [4.78, 5) is 4.26. The first kappa shape index (κ1) is 13.9. The van der Waals surface area contributed by atoms with Gasteiger partial charge in [-0.05, 0) is 23.3 Å². The molecule has 1 heterocycles. The van der Waals surface area contributed by atoms with Crippen LogP contribution in [-0.4, -0.2) is 9.55 Å². The van der Waals surface area contributed by atoms with E-state index in [0.717, 1.165) is 28.4 Å². The topological polar surface area (TPSA) is 43.8 Å². The second-order valence-electron chi connectivity index (χ2n) is 4.94. The third-order valence-corrected chi connectivity index (χ3v) is 3.68. The van der Waals surface area contributed by atoms with Gasteiger partial charge in [-0.1, -0.05) is 48.0 Å². The molecule has 0 aliphatic heterocycles. The van der Waals surface area contributed by atoms with Crippen molar-refractivity contribution in [2.45, 2.75) is 13.1 Å². The van der Waals surface area contributed by atoms with Crippen LogP contribution in [0, 0.1) is 0 Å². The highest BCUT2D eigenvalue weighted by molar-refractivity contribution is 6.30. The van der Waals surface area contributed by atoms with E-state index in [0.29, 0.717) is 6.54 Å². The van der Waals surface area contributed by atoms with E-state index < -0.39 is 0 Å². The molecule has 0 aliphatic rings. The Morgan fingerprint density at radius 3 is 2.52 bits per heavy atom. The molecule has 0 radical (unpaired) electrons. The summed E-state index contributed by atoms with van der Waals surface area (Å²) in [6.07, 6.45) is 3.70. The number of nitrogens with two attached hydrogens (primary N) is 1. The maximum Gasteiger partial charge on any atom is 0.0954 e. The van der Waals surface area contributed by atoms with Gasteiger partial charge in [0.15, 0.2) is 0 Å². The summed E-state index contributed by atoms with van der Waals surface area (Å²) in [5.41, 5.74) is 10.1. The van der Waals surface area contributed by atoms with E-state index in [2.05, 4.69) is 33.8 Å². The van der Waals surface area contributed by atoms with Crippen LogP contribution >= 0.6 is 11.6 Å². The first-order valence-electron chi connectivity index (χ1n) is 6.80. The zero-order valence-corrected chi connectivity index (χ0v) is 12.3. The highest BCUT2D eigenvalue weighted by Gasteiger charge is 2.06. The lowest BCUT2D eigenvalue weighted by atomic mass is 10.1. The Morgan fingerprint density at radius 2 is 1.81 bits per heavy atom. The van der Waals surface area contributed by atoms with Crippen LogP contribution in [0.5, 0.6) is 0 Å². The molecule has 0 unspecified atom stereocenters. The zero-order valence-electron chi connectivity index (χ0n) is 11.5. The van der Waals surface area contributed by atoms with E-state index in [-0.39, 0.29) is 0 Å². The molecular formula is C17H16ClN3. The zero-order chi connectivity index (χ0) is 14.7. The van der Waals surface area contributed by atoms with Crippen LogP contribution in [0.1, 0.15) is 11.1 Å². The van der Waals surface area contributed by atoms with Crippen LogP contribution < -0.4 is 5.73 Å². The molecule has 0 amide bonds. The Kier molecular flexibility index (Phi) is 4.04. The molecule has 2 aromatic carbocycles. The molecule has 3 rings (SSSR count). The first-order chi connectivity index (χ1) is 10.3. The Balaban J connectivity index is 1.88. The molecule has 0 spiro atoms. The van der Waals surface area contributed by atoms with Crippen LogP contribution in [0.4, 0.5) is 0 Å². The molecule has 0 aliphatic carbocycles. The fraction of sp³-hybridized carbons (Fsp3) is 0.118. The summed E-state index contributed by atoms with van der Waals surface area (Å²) in [5.74, 6) is 0. The monoisotopic (exact) mass is 297 g/mol. The predicted octanol–water partition coefficient (Wildman–Crippen LogP) is 3.71. The number of imidazole rings is 1. The Labute approximate surface area is 129 Å². The minimum atomic E-state index is 0.569. The number of nitrogens with zero attached hydrogens (tertiary/aromatic N) is 2. The minimum absolute atomic E-state index is 0.569. The summed E-state index contributed by atoms with van der Waals surface area (Å²) in [7, 11) is 0. The van der Waals surface area contributed by atoms with Crippen molar-refractivity contribution in [2.75, 3.05) is 0 Å². The van der Waals surface area contributed by atoms with Crippen LogP contribution in [0.2, 0.25) is 5.02 Å². The van der Waals surface area contributed by atoms with Crippen molar-refractivity contribution >= 4 is 11.6 Å². The molecule has 106 valence electrons. The lowest BCUT2D eigenvalue weighted by molar-refractivity contribution is 0.804. The molecule has 4 heteroatoms. The van der Waals surface area contributed by atoms with E-state index in [1.807, 2.05) is 36.8 Å². The average Bonchev–Trinajstić information content (AvgIpc) is 2.96. The van der Waals surface area contributed by atoms with Gasteiger partial charge < -0.3 is 10.3 Å². The van der Waals surface area contributed by atoms with Gasteiger partial charge >= 0.3 is 0 Å². The predicted molar refractivity (Wildman–Crippen MR) is 86.1 cm³/mol. The van der Waals surface area contributed by atoms with Gasteiger partial charge in [-0.2, -0.15) is 0 Å². The number of aromatic nitrogens is 2. The molecule has 0 bridgehead atoms. The van der Waals surface area contributed by atoms with Crippen molar-refractivity contribution in [1.29, 1.82) is 0 Å². The maximum absolute atomic E-state index is 6.07. The van der Waals surface area contributed by atoms with Crippen LogP contribution in [0.25, 0.3) is 11.3 Å². The SMILES string of the molecule is NCc1ccc(Cn2cncc2-c2cccc(Cl)c2)cc1. The smallest absolute Gasteiger partial charge is 0.0954 e. The Morgan fingerprint density at radius 1 is 1.05 bits per heavy atom. The minimum Gasteiger partial charge on any atom is -0.326 e. The quantitative estimate of drug-likeness (QED) is 0.798. The molecule has 0 saturated heterocycles. The molecule has 0 saturated carbocycles. The Hall–Kier alpha value is -2.10. The van der Waals surface area contributed by atoms with Crippen molar-refractivity contribution in [2.24, 2.45) is 5.73 Å². The lowest BCUT2D eigenvalue weighted by Gasteiger charge is -2.09. The summed E-state index contributed by atoms with van der Waals surface area (Å²) >= 11 is 6.07. The van der Waals surface area contributed by atoms with Gasteiger partial charge in [0, 0.05) is 23.7 Å². The second kappa shape index (κ2) is 6.12. The summed E-state index contributed by atoms with van der Waals surface area (Å²) in [6.45, 7) is 1.34. The molecular weight excluding hydrogens is 282 g/mol. The second-order valence-corrected chi connectivity index (χ2v) is 5.37. The van der Waals surface area contributed by atoms with E-state index in [4.69, 9.17) is 17.3 Å². The molecule has 3 aromatic rings. The van der Waals surface area contributed by atoms with E-state index >= 15 is 0 Å².